The molecule has 0 aromatic carbocycles. The molecule has 2 rings (SSSR count). The van der Waals surface area contributed by atoms with Crippen molar-refractivity contribution in [3.8, 4) is 0 Å². The molecule has 0 radical (unpaired) electrons. The molecule has 0 bridgehead atoms. The van der Waals surface area contributed by atoms with E-state index in [1.54, 1.807) is 16.3 Å². The lowest BCUT2D eigenvalue weighted by molar-refractivity contribution is -0.115. The first kappa shape index (κ1) is 15.5. The average Bonchev–Trinajstić information content (AvgIpc) is 2.97. The van der Waals surface area contributed by atoms with E-state index >= 15 is 0 Å². The van der Waals surface area contributed by atoms with Crippen LogP contribution in [0.5, 0.6) is 0 Å². The molecule has 0 unspecified atom stereocenters. The van der Waals surface area contributed by atoms with E-state index in [1.165, 1.54) is 34.4 Å². The summed E-state index contributed by atoms with van der Waals surface area (Å²) in [6.07, 6.45) is 0. The van der Waals surface area contributed by atoms with E-state index in [0.29, 0.717) is 6.54 Å². The van der Waals surface area contributed by atoms with Gasteiger partial charge in [-0.3, -0.25) is 9.59 Å². The lowest BCUT2D eigenvalue weighted by Crippen LogP contribution is -2.15. The van der Waals surface area contributed by atoms with Crippen LogP contribution in [0.4, 0.5) is 0 Å². The topological polar surface area (TPSA) is 90.9 Å². The minimum atomic E-state index is -0.369. The highest BCUT2D eigenvalue weighted by molar-refractivity contribution is 8.03. The van der Waals surface area contributed by atoms with Gasteiger partial charge in [0, 0.05) is 23.4 Å². The summed E-state index contributed by atoms with van der Waals surface area (Å²) in [5.41, 5.74) is 6.05. The van der Waals surface area contributed by atoms with E-state index in [0.717, 1.165) is 20.1 Å². The first-order valence-electron chi connectivity index (χ1n) is 5.58. The van der Waals surface area contributed by atoms with Gasteiger partial charge in [-0.05, 0) is 6.92 Å². The van der Waals surface area contributed by atoms with Crippen molar-refractivity contribution >= 4 is 52.1 Å². The van der Waals surface area contributed by atoms with Gasteiger partial charge in [0.15, 0.2) is 8.68 Å². The zero-order valence-electron chi connectivity index (χ0n) is 10.6. The highest BCUT2D eigenvalue weighted by Gasteiger charge is 2.08. The van der Waals surface area contributed by atoms with Crippen LogP contribution in [0.2, 0.25) is 0 Å². The second kappa shape index (κ2) is 7.25. The summed E-state index contributed by atoms with van der Waals surface area (Å²) in [4.78, 5) is 22.3. The van der Waals surface area contributed by atoms with Crippen LogP contribution < -0.4 is 10.6 Å². The lowest BCUT2D eigenvalue weighted by atomic mass is 10.5. The van der Waals surface area contributed by atoms with Crippen LogP contribution in [0, 0.1) is 6.92 Å². The molecule has 2 N–H and O–H groups in total. The summed E-state index contributed by atoms with van der Waals surface area (Å²) < 4.78 is 3.31. The van der Waals surface area contributed by atoms with Gasteiger partial charge in [-0.1, -0.05) is 46.2 Å². The summed E-state index contributed by atoms with van der Waals surface area (Å²) in [6.45, 7) is 2.58. The van der Waals surface area contributed by atoms with Crippen molar-refractivity contribution in [3.05, 3.63) is 20.7 Å². The predicted octanol–water partition coefficient (Wildman–Crippen LogP) is 1.44. The van der Waals surface area contributed by atoms with Crippen LogP contribution >= 0.6 is 46.2 Å². The number of aromatic nitrogens is 3. The molecule has 2 aromatic heterocycles. The van der Waals surface area contributed by atoms with Gasteiger partial charge >= 0.3 is 4.87 Å². The van der Waals surface area contributed by atoms with Gasteiger partial charge in [0.05, 0.1) is 5.75 Å². The molecule has 1 amide bonds. The molecule has 0 fully saturated rings. The molecule has 20 heavy (non-hydrogen) atoms. The molecule has 0 aliphatic rings. The molecular formula is C10H12N4O2S4. The Morgan fingerprint density at radius 3 is 2.70 bits per heavy atom. The molecule has 2 aromatic rings. The number of aryl methyl sites for hydroxylation is 1. The number of carbonyl (C=O) groups excluding carboxylic acids is 1. The van der Waals surface area contributed by atoms with Crippen molar-refractivity contribution in [2.75, 3.05) is 11.5 Å². The normalized spacial score (nSPS) is 10.8. The number of thioether (sulfide) groups is 2. The third-order valence-electron chi connectivity index (χ3n) is 2.24. The van der Waals surface area contributed by atoms with Gasteiger partial charge in [0.25, 0.3) is 0 Å². The van der Waals surface area contributed by atoms with Gasteiger partial charge in [-0.15, -0.1) is 10.2 Å². The fraction of sp³-hybridized carbons (Fsp3) is 0.400. The molecule has 0 saturated carbocycles. The Hall–Kier alpha value is -0.840. The lowest BCUT2D eigenvalue weighted by Gasteiger charge is -2.01. The molecule has 2 heterocycles. The average molecular weight is 349 g/mol. The summed E-state index contributed by atoms with van der Waals surface area (Å²) in [5.74, 6) is 0.599. The third kappa shape index (κ3) is 4.33. The predicted molar refractivity (Wildman–Crippen MR) is 83.9 cm³/mol. The molecule has 10 heteroatoms. The Labute approximate surface area is 131 Å². The van der Waals surface area contributed by atoms with Gasteiger partial charge in [0.1, 0.15) is 0 Å². The van der Waals surface area contributed by atoms with Gasteiger partial charge < -0.3 is 10.3 Å². The number of rotatable bonds is 7. The number of hydrogen-bond donors (Lipinski definition) is 1. The van der Waals surface area contributed by atoms with Crippen LogP contribution in [0.25, 0.3) is 0 Å². The first-order valence-corrected chi connectivity index (χ1v) is 9.25. The monoisotopic (exact) mass is 348 g/mol. The summed E-state index contributed by atoms with van der Waals surface area (Å²) in [6, 6.07) is 0. The highest BCUT2D eigenvalue weighted by Crippen LogP contribution is 2.28. The third-order valence-corrected chi connectivity index (χ3v) is 6.32. The maximum absolute atomic E-state index is 11.5. The van der Waals surface area contributed by atoms with Crippen LogP contribution in [-0.4, -0.2) is 32.2 Å². The van der Waals surface area contributed by atoms with E-state index in [9.17, 15) is 9.59 Å². The zero-order valence-corrected chi connectivity index (χ0v) is 13.8. The summed E-state index contributed by atoms with van der Waals surface area (Å²) in [5, 5.41) is 9.86. The number of hydrogen-bond acceptors (Lipinski definition) is 8. The maximum atomic E-state index is 11.5. The Bertz CT molecular complexity index is 648. The smallest absolute Gasteiger partial charge is 0.307 e. The van der Waals surface area contributed by atoms with Crippen LogP contribution in [0.15, 0.2) is 18.9 Å². The van der Waals surface area contributed by atoms with Crippen molar-refractivity contribution in [2.45, 2.75) is 22.1 Å². The number of primary amides is 1. The fourth-order valence-corrected chi connectivity index (χ4v) is 4.86. The van der Waals surface area contributed by atoms with Crippen LogP contribution in [-0.2, 0) is 11.3 Å². The molecule has 0 aliphatic carbocycles. The van der Waals surface area contributed by atoms with Crippen molar-refractivity contribution < 1.29 is 4.79 Å². The number of carbonyl (C=O) groups is 1. The minimum Gasteiger partial charge on any atom is -0.369 e. The van der Waals surface area contributed by atoms with E-state index < -0.39 is 0 Å². The first-order chi connectivity index (χ1) is 9.56. The Morgan fingerprint density at radius 2 is 2.10 bits per heavy atom. The van der Waals surface area contributed by atoms with Crippen LogP contribution in [0.1, 0.15) is 5.69 Å². The number of amides is 1. The number of thiazole rings is 1. The number of nitrogens with two attached hydrogens (primary N) is 1. The van der Waals surface area contributed by atoms with Gasteiger partial charge in [-0.2, -0.15) is 0 Å². The molecule has 108 valence electrons. The fourth-order valence-electron chi connectivity index (χ4n) is 1.35. The maximum Gasteiger partial charge on any atom is 0.307 e. The second-order valence-electron chi connectivity index (χ2n) is 3.73. The van der Waals surface area contributed by atoms with Crippen molar-refractivity contribution in [1.82, 2.24) is 14.8 Å². The van der Waals surface area contributed by atoms with E-state index in [2.05, 4.69) is 10.2 Å². The molecule has 6 nitrogen and oxygen atoms in total. The van der Waals surface area contributed by atoms with Crippen molar-refractivity contribution in [2.24, 2.45) is 5.73 Å². The quantitative estimate of drug-likeness (QED) is 0.761. The summed E-state index contributed by atoms with van der Waals surface area (Å²) in [7, 11) is 0. The van der Waals surface area contributed by atoms with Crippen LogP contribution in [0.3, 0.4) is 0 Å². The van der Waals surface area contributed by atoms with E-state index in [4.69, 9.17) is 5.73 Å². The van der Waals surface area contributed by atoms with E-state index in [-0.39, 0.29) is 16.5 Å². The Balaban J connectivity index is 1.83. The largest absolute Gasteiger partial charge is 0.369 e. The molecule has 0 aliphatic heterocycles. The van der Waals surface area contributed by atoms with E-state index in [1.807, 2.05) is 12.3 Å². The molecule has 0 saturated heterocycles. The molecular weight excluding hydrogens is 336 g/mol. The van der Waals surface area contributed by atoms with Crippen molar-refractivity contribution in [1.29, 1.82) is 0 Å². The second-order valence-corrected chi connectivity index (χ2v) is 8.09. The zero-order chi connectivity index (χ0) is 14.5. The Morgan fingerprint density at radius 1 is 1.40 bits per heavy atom. The minimum absolute atomic E-state index is 0.0677. The standard InChI is InChI=1S/C10H12N4O2S4/c1-6-4-19-10(16)14(6)2-3-17-8-12-13-9(20-8)18-5-7(11)15/h4H,2-3,5H2,1H3,(H2,11,15). The number of nitrogens with zero attached hydrogens (tertiary/aromatic N) is 3. The summed E-state index contributed by atoms with van der Waals surface area (Å²) >= 11 is 5.49. The van der Waals surface area contributed by atoms with Gasteiger partial charge in [0.2, 0.25) is 5.91 Å². The highest BCUT2D eigenvalue weighted by atomic mass is 32.2. The Kier molecular flexibility index (Phi) is 5.64. The SMILES string of the molecule is Cc1csc(=O)n1CCSc1nnc(SCC(N)=O)s1. The van der Waals surface area contributed by atoms with Gasteiger partial charge in [-0.25, -0.2) is 0 Å². The molecule has 0 atom stereocenters. The molecule has 0 spiro atoms. The van der Waals surface area contributed by atoms with Crippen molar-refractivity contribution in [3.63, 3.8) is 0 Å².